The first-order valence-corrected chi connectivity index (χ1v) is 8.09. The lowest BCUT2D eigenvalue weighted by Crippen LogP contribution is -2.47. The molecule has 1 aliphatic carbocycles. The molecule has 2 rings (SSSR count). The maximum absolute atomic E-state index is 12.3. The van der Waals surface area contributed by atoms with Crippen molar-refractivity contribution in [1.82, 2.24) is 10.2 Å². The molecule has 2 amide bonds. The summed E-state index contributed by atoms with van der Waals surface area (Å²) < 4.78 is 4.91. The number of nitrogens with zero attached hydrogens (tertiary/aromatic N) is 1. The summed E-state index contributed by atoms with van der Waals surface area (Å²) in [6.07, 6.45) is 1.79. The molecule has 1 saturated heterocycles. The molecule has 0 bridgehead atoms. The molecular formula is C16H26N2O5. The zero-order valence-electron chi connectivity index (χ0n) is 14.0. The highest BCUT2D eigenvalue weighted by molar-refractivity contribution is 5.91. The summed E-state index contributed by atoms with van der Waals surface area (Å²) in [5, 5.41) is 12.1. The van der Waals surface area contributed by atoms with Crippen molar-refractivity contribution in [3.63, 3.8) is 0 Å². The number of rotatable bonds is 6. The van der Waals surface area contributed by atoms with E-state index in [9.17, 15) is 14.4 Å². The van der Waals surface area contributed by atoms with Crippen LogP contribution < -0.4 is 5.32 Å². The molecule has 7 nitrogen and oxygen atoms in total. The molecule has 0 radical (unpaired) electrons. The molecule has 0 spiro atoms. The minimum atomic E-state index is -0.909. The Bertz CT molecular complexity index is 483. The monoisotopic (exact) mass is 326 g/mol. The van der Waals surface area contributed by atoms with E-state index in [1.54, 1.807) is 12.0 Å². The lowest BCUT2D eigenvalue weighted by Gasteiger charge is -2.32. The average Bonchev–Trinajstić information content (AvgIpc) is 3.08. The van der Waals surface area contributed by atoms with Gasteiger partial charge in [-0.1, -0.05) is 13.8 Å². The molecule has 0 aromatic carbocycles. The third kappa shape index (κ3) is 3.83. The van der Waals surface area contributed by atoms with E-state index in [1.807, 2.05) is 13.8 Å². The van der Waals surface area contributed by atoms with E-state index in [-0.39, 0.29) is 17.9 Å². The Morgan fingerprint density at radius 2 is 1.83 bits per heavy atom. The van der Waals surface area contributed by atoms with Crippen molar-refractivity contribution < 1.29 is 24.2 Å². The number of carboxylic acid groups (broad SMARTS) is 1. The minimum Gasteiger partial charge on any atom is -0.481 e. The molecule has 2 fully saturated rings. The molecule has 2 aliphatic rings. The number of ether oxygens (including phenoxy) is 1. The number of nitrogens with one attached hydrogen (secondary N) is 1. The Balaban J connectivity index is 1.78. The number of piperidine rings is 1. The quantitative estimate of drug-likeness (QED) is 0.740. The number of carboxylic acids is 1. The van der Waals surface area contributed by atoms with Gasteiger partial charge >= 0.3 is 5.97 Å². The largest absolute Gasteiger partial charge is 0.481 e. The summed E-state index contributed by atoms with van der Waals surface area (Å²) in [7, 11) is 1.57. The standard InChI is InChI=1S/C16H26N2O5/c1-16(2)12(13(16)15(21)22)14(20)17-10-4-7-18(8-5-10)11(19)6-9-23-3/h10,12-13H,4-9H2,1-3H3,(H,17,20)(H,21,22)/t12-,13+/m0/s1. The van der Waals surface area contributed by atoms with Crippen LogP contribution in [0.25, 0.3) is 0 Å². The van der Waals surface area contributed by atoms with Gasteiger partial charge in [0.25, 0.3) is 0 Å². The van der Waals surface area contributed by atoms with Gasteiger partial charge in [0.15, 0.2) is 0 Å². The van der Waals surface area contributed by atoms with Gasteiger partial charge in [-0.15, -0.1) is 0 Å². The molecule has 2 atom stereocenters. The molecule has 0 unspecified atom stereocenters. The maximum atomic E-state index is 12.3. The number of aliphatic carboxylic acids is 1. The van der Waals surface area contributed by atoms with Gasteiger partial charge in [-0.25, -0.2) is 0 Å². The Morgan fingerprint density at radius 3 is 2.30 bits per heavy atom. The van der Waals surface area contributed by atoms with E-state index < -0.39 is 23.2 Å². The first-order chi connectivity index (χ1) is 10.8. The zero-order chi connectivity index (χ0) is 17.2. The summed E-state index contributed by atoms with van der Waals surface area (Å²) in [5.74, 6) is -2.06. The summed E-state index contributed by atoms with van der Waals surface area (Å²) >= 11 is 0. The molecule has 2 N–H and O–H groups in total. The van der Waals surface area contributed by atoms with Crippen LogP contribution in [0.1, 0.15) is 33.1 Å². The number of carbonyl (C=O) groups is 3. The second kappa shape index (κ2) is 6.86. The predicted molar refractivity (Wildman–Crippen MR) is 82.6 cm³/mol. The molecule has 1 heterocycles. The second-order valence-corrected chi connectivity index (χ2v) is 7.02. The van der Waals surface area contributed by atoms with Gasteiger partial charge < -0.3 is 20.1 Å². The van der Waals surface area contributed by atoms with Crippen LogP contribution in [0.3, 0.4) is 0 Å². The van der Waals surface area contributed by atoms with E-state index in [0.717, 1.165) is 0 Å². The number of methoxy groups -OCH3 is 1. The van der Waals surface area contributed by atoms with Gasteiger partial charge in [-0.2, -0.15) is 0 Å². The van der Waals surface area contributed by atoms with Gasteiger partial charge in [0.1, 0.15) is 0 Å². The van der Waals surface area contributed by atoms with E-state index in [2.05, 4.69) is 5.32 Å². The van der Waals surface area contributed by atoms with Crippen LogP contribution in [0.2, 0.25) is 0 Å². The molecule has 0 aromatic rings. The molecule has 130 valence electrons. The number of hydrogen-bond acceptors (Lipinski definition) is 4. The predicted octanol–water partition coefficient (Wildman–Crippen LogP) is 0.487. The van der Waals surface area contributed by atoms with Crippen LogP contribution in [0.4, 0.5) is 0 Å². The Kier molecular flexibility index (Phi) is 5.29. The zero-order valence-corrected chi connectivity index (χ0v) is 14.0. The Labute approximate surface area is 136 Å². The Morgan fingerprint density at radius 1 is 1.22 bits per heavy atom. The summed E-state index contributed by atoms with van der Waals surface area (Å²) in [4.78, 5) is 37.1. The highest BCUT2D eigenvalue weighted by Gasteiger charge is 2.66. The van der Waals surface area contributed by atoms with Crippen molar-refractivity contribution in [3.8, 4) is 0 Å². The van der Waals surface area contributed by atoms with Crippen molar-refractivity contribution >= 4 is 17.8 Å². The number of hydrogen-bond donors (Lipinski definition) is 2. The van der Waals surface area contributed by atoms with Crippen LogP contribution in [-0.4, -0.2) is 60.6 Å². The maximum Gasteiger partial charge on any atom is 0.307 e. The van der Waals surface area contributed by atoms with E-state index in [4.69, 9.17) is 9.84 Å². The lowest BCUT2D eigenvalue weighted by atomic mass is 10.0. The number of likely N-dealkylation sites (tertiary alicyclic amines) is 1. The van der Waals surface area contributed by atoms with E-state index >= 15 is 0 Å². The van der Waals surface area contributed by atoms with E-state index in [1.165, 1.54) is 0 Å². The van der Waals surface area contributed by atoms with Gasteiger partial charge in [0.2, 0.25) is 11.8 Å². The van der Waals surface area contributed by atoms with Crippen LogP contribution >= 0.6 is 0 Å². The van der Waals surface area contributed by atoms with Gasteiger partial charge in [-0.3, -0.25) is 14.4 Å². The smallest absolute Gasteiger partial charge is 0.307 e. The molecule has 23 heavy (non-hydrogen) atoms. The Hall–Kier alpha value is -1.63. The minimum absolute atomic E-state index is 0.0137. The average molecular weight is 326 g/mol. The second-order valence-electron chi connectivity index (χ2n) is 7.02. The molecule has 0 aromatic heterocycles. The molecule has 1 saturated carbocycles. The summed E-state index contributed by atoms with van der Waals surface area (Å²) in [5.41, 5.74) is -0.479. The van der Waals surface area contributed by atoms with Crippen LogP contribution in [0.15, 0.2) is 0 Å². The van der Waals surface area contributed by atoms with Crippen molar-refractivity contribution in [3.05, 3.63) is 0 Å². The third-order valence-corrected chi connectivity index (χ3v) is 5.09. The fourth-order valence-corrected chi connectivity index (χ4v) is 3.50. The molecular weight excluding hydrogens is 300 g/mol. The fourth-order valence-electron chi connectivity index (χ4n) is 3.50. The first-order valence-electron chi connectivity index (χ1n) is 8.09. The normalized spacial score (nSPS) is 26.7. The first kappa shape index (κ1) is 17.7. The highest BCUT2D eigenvalue weighted by atomic mass is 16.5. The van der Waals surface area contributed by atoms with E-state index in [0.29, 0.717) is 39.0 Å². The SMILES string of the molecule is COCCC(=O)N1CCC(NC(=O)[C@@H]2[C@H](C(=O)O)C2(C)C)CC1. The highest BCUT2D eigenvalue weighted by Crippen LogP contribution is 2.58. The van der Waals surface area contributed by atoms with Crippen LogP contribution in [0.5, 0.6) is 0 Å². The number of amides is 2. The van der Waals surface area contributed by atoms with Crippen LogP contribution in [0, 0.1) is 17.3 Å². The molecule has 1 aliphatic heterocycles. The van der Waals surface area contributed by atoms with Gasteiger partial charge in [0.05, 0.1) is 24.9 Å². The van der Waals surface area contributed by atoms with Crippen LogP contribution in [-0.2, 0) is 19.1 Å². The summed E-state index contributed by atoms with van der Waals surface area (Å²) in [6, 6.07) is 0.0137. The third-order valence-electron chi connectivity index (χ3n) is 5.09. The fraction of sp³-hybridized carbons (Fsp3) is 0.812. The topological polar surface area (TPSA) is 95.9 Å². The lowest BCUT2D eigenvalue weighted by molar-refractivity contribution is -0.140. The van der Waals surface area contributed by atoms with Crippen molar-refractivity contribution in [2.75, 3.05) is 26.8 Å². The van der Waals surface area contributed by atoms with Crippen molar-refractivity contribution in [1.29, 1.82) is 0 Å². The molecule has 7 heteroatoms. The summed E-state index contributed by atoms with van der Waals surface area (Å²) in [6.45, 7) is 5.27. The van der Waals surface area contributed by atoms with Gasteiger partial charge in [0, 0.05) is 26.2 Å². The van der Waals surface area contributed by atoms with Gasteiger partial charge in [-0.05, 0) is 18.3 Å². The number of carbonyl (C=O) groups excluding carboxylic acids is 2. The van der Waals surface area contributed by atoms with Crippen molar-refractivity contribution in [2.45, 2.75) is 39.2 Å². The van der Waals surface area contributed by atoms with Crippen molar-refractivity contribution in [2.24, 2.45) is 17.3 Å².